The molecule has 0 unspecified atom stereocenters. The van der Waals surface area contributed by atoms with Crippen LogP contribution in [0.2, 0.25) is 0 Å². The van der Waals surface area contributed by atoms with Crippen molar-refractivity contribution >= 4 is 11.7 Å². The third kappa shape index (κ3) is 3.65. The largest absolute Gasteiger partial charge is 0.496 e. The van der Waals surface area contributed by atoms with E-state index in [1.54, 1.807) is 13.2 Å². The van der Waals surface area contributed by atoms with Crippen LogP contribution >= 0.6 is 0 Å². The van der Waals surface area contributed by atoms with Gasteiger partial charge < -0.3 is 15.2 Å². The molecule has 4 nitrogen and oxygen atoms in total. The van der Waals surface area contributed by atoms with Crippen LogP contribution in [0, 0.1) is 6.92 Å². The molecule has 0 amide bonds. The van der Waals surface area contributed by atoms with Crippen LogP contribution in [0.1, 0.15) is 5.56 Å². The molecule has 1 rings (SSSR count). The average molecular weight is 221 g/mol. The Morgan fingerprint density at radius 1 is 1.56 bits per heavy atom. The predicted molar refractivity (Wildman–Crippen MR) is 63.0 cm³/mol. The van der Waals surface area contributed by atoms with E-state index in [1.807, 2.05) is 25.1 Å². The van der Waals surface area contributed by atoms with Crippen molar-refractivity contribution < 1.29 is 14.6 Å². The molecule has 2 N–H and O–H groups in total. The van der Waals surface area contributed by atoms with Crippen molar-refractivity contribution in [3.63, 3.8) is 0 Å². The third-order valence-electron chi connectivity index (χ3n) is 2.08. The first-order valence-corrected chi connectivity index (χ1v) is 4.91. The maximum absolute atomic E-state index is 10.2. The number of ether oxygens (including phenoxy) is 1. The van der Waals surface area contributed by atoms with E-state index < -0.39 is 5.97 Å². The topological polar surface area (TPSA) is 58.6 Å². The second-order valence-corrected chi connectivity index (χ2v) is 3.31. The zero-order valence-electron chi connectivity index (χ0n) is 9.36. The molecule has 1 aromatic carbocycles. The molecule has 0 bridgehead atoms. The lowest BCUT2D eigenvalue weighted by Crippen LogP contribution is -2.00. The number of methoxy groups -OCH3 is 1. The number of carboxylic acid groups (broad SMARTS) is 1. The van der Waals surface area contributed by atoms with Crippen molar-refractivity contribution in [2.75, 3.05) is 19.0 Å². The summed E-state index contributed by atoms with van der Waals surface area (Å²) in [4.78, 5) is 10.2. The Labute approximate surface area is 94.6 Å². The summed E-state index contributed by atoms with van der Waals surface area (Å²) in [6.07, 6.45) is 2.67. The summed E-state index contributed by atoms with van der Waals surface area (Å²) in [6.45, 7) is 2.44. The molecule has 16 heavy (non-hydrogen) atoms. The molecule has 0 fully saturated rings. The van der Waals surface area contributed by atoms with E-state index >= 15 is 0 Å². The van der Waals surface area contributed by atoms with Gasteiger partial charge >= 0.3 is 5.97 Å². The maximum atomic E-state index is 10.2. The first-order chi connectivity index (χ1) is 7.63. The van der Waals surface area contributed by atoms with E-state index in [1.165, 1.54) is 0 Å². The molecular weight excluding hydrogens is 206 g/mol. The molecule has 0 spiro atoms. The van der Waals surface area contributed by atoms with E-state index in [-0.39, 0.29) is 0 Å². The highest BCUT2D eigenvalue weighted by Gasteiger charge is 1.98. The van der Waals surface area contributed by atoms with Gasteiger partial charge in [-0.3, -0.25) is 0 Å². The lowest BCUT2D eigenvalue weighted by molar-refractivity contribution is -0.131. The van der Waals surface area contributed by atoms with Gasteiger partial charge in [-0.2, -0.15) is 0 Å². The Hall–Kier alpha value is -1.97. The quantitative estimate of drug-likeness (QED) is 0.747. The molecule has 4 heteroatoms. The number of hydrogen-bond donors (Lipinski definition) is 2. The number of carbonyl (C=O) groups is 1. The van der Waals surface area contributed by atoms with Gasteiger partial charge in [-0.1, -0.05) is 6.08 Å². The van der Waals surface area contributed by atoms with Crippen molar-refractivity contribution in [2.45, 2.75) is 6.92 Å². The van der Waals surface area contributed by atoms with Crippen molar-refractivity contribution in [1.82, 2.24) is 0 Å². The minimum absolute atomic E-state index is 0.484. The average Bonchev–Trinajstić information content (AvgIpc) is 2.24. The summed E-state index contributed by atoms with van der Waals surface area (Å²) in [7, 11) is 1.63. The van der Waals surface area contributed by atoms with Crippen LogP contribution in [0.5, 0.6) is 5.75 Å². The number of benzene rings is 1. The van der Waals surface area contributed by atoms with Gasteiger partial charge in [0, 0.05) is 18.3 Å². The van der Waals surface area contributed by atoms with E-state index in [4.69, 9.17) is 9.84 Å². The van der Waals surface area contributed by atoms with Crippen molar-refractivity contribution in [1.29, 1.82) is 0 Å². The normalized spacial score (nSPS) is 10.4. The molecule has 0 aliphatic rings. The van der Waals surface area contributed by atoms with Crippen LogP contribution in [0.25, 0.3) is 0 Å². The standard InChI is InChI=1S/C12H15NO3/c1-9-8-10(5-6-11(9)16-2)13-7-3-4-12(14)15/h3-6,8,13H,7H2,1-2H3,(H,14,15)/b4-3+. The molecule has 0 atom stereocenters. The van der Waals surface area contributed by atoms with E-state index in [9.17, 15) is 4.79 Å². The van der Waals surface area contributed by atoms with Crippen LogP contribution in [0.3, 0.4) is 0 Å². The van der Waals surface area contributed by atoms with Crippen molar-refractivity contribution in [3.05, 3.63) is 35.9 Å². The molecule has 0 aromatic heterocycles. The van der Waals surface area contributed by atoms with Crippen LogP contribution in [0.15, 0.2) is 30.4 Å². The Bertz CT molecular complexity index is 399. The van der Waals surface area contributed by atoms with Crippen molar-refractivity contribution in [2.24, 2.45) is 0 Å². The molecule has 0 saturated carbocycles. The second-order valence-electron chi connectivity index (χ2n) is 3.31. The highest BCUT2D eigenvalue weighted by molar-refractivity contribution is 5.79. The minimum atomic E-state index is -0.937. The fraction of sp³-hybridized carbons (Fsp3) is 0.250. The number of anilines is 1. The molecule has 1 aromatic rings. The van der Waals surface area contributed by atoms with Crippen LogP contribution in [-0.4, -0.2) is 24.7 Å². The fourth-order valence-electron chi connectivity index (χ4n) is 1.32. The molecule has 0 aliphatic heterocycles. The van der Waals surface area contributed by atoms with Gasteiger partial charge in [-0.15, -0.1) is 0 Å². The van der Waals surface area contributed by atoms with Gasteiger partial charge in [0.25, 0.3) is 0 Å². The zero-order valence-corrected chi connectivity index (χ0v) is 9.36. The molecule has 0 heterocycles. The third-order valence-corrected chi connectivity index (χ3v) is 2.08. The Kier molecular flexibility index (Phi) is 4.39. The molecular formula is C12H15NO3. The molecule has 0 radical (unpaired) electrons. The van der Waals surface area contributed by atoms with Gasteiger partial charge in [0.05, 0.1) is 7.11 Å². The lowest BCUT2D eigenvalue weighted by atomic mass is 10.2. The molecule has 0 aliphatic carbocycles. The predicted octanol–water partition coefficient (Wildman–Crippen LogP) is 2.06. The SMILES string of the molecule is COc1ccc(NC/C=C/C(=O)O)cc1C. The summed E-state index contributed by atoms with van der Waals surface area (Å²) < 4.78 is 5.14. The highest BCUT2D eigenvalue weighted by atomic mass is 16.5. The summed E-state index contributed by atoms with van der Waals surface area (Å²) in [5, 5.41) is 11.5. The van der Waals surface area contributed by atoms with Crippen molar-refractivity contribution in [3.8, 4) is 5.75 Å². The minimum Gasteiger partial charge on any atom is -0.496 e. The lowest BCUT2D eigenvalue weighted by Gasteiger charge is -2.08. The number of nitrogens with one attached hydrogen (secondary N) is 1. The first kappa shape index (κ1) is 12.1. The summed E-state index contributed by atoms with van der Waals surface area (Å²) in [6, 6.07) is 5.71. The van der Waals surface area contributed by atoms with E-state index in [2.05, 4.69) is 5.32 Å². The van der Waals surface area contributed by atoms with E-state index in [0.717, 1.165) is 23.1 Å². The number of aliphatic carboxylic acids is 1. The van der Waals surface area contributed by atoms with Gasteiger partial charge in [0.1, 0.15) is 5.75 Å². The van der Waals surface area contributed by atoms with E-state index in [0.29, 0.717) is 6.54 Å². The molecule has 86 valence electrons. The Morgan fingerprint density at radius 2 is 2.31 bits per heavy atom. The summed E-state index contributed by atoms with van der Waals surface area (Å²) >= 11 is 0. The van der Waals surface area contributed by atoms with Crippen LogP contribution < -0.4 is 10.1 Å². The number of hydrogen-bond acceptors (Lipinski definition) is 3. The smallest absolute Gasteiger partial charge is 0.328 e. The fourth-order valence-corrected chi connectivity index (χ4v) is 1.32. The van der Waals surface area contributed by atoms with Gasteiger partial charge in [-0.25, -0.2) is 4.79 Å². The number of rotatable bonds is 5. The maximum Gasteiger partial charge on any atom is 0.328 e. The Balaban J connectivity index is 2.55. The summed E-state index contributed by atoms with van der Waals surface area (Å²) in [5.41, 5.74) is 1.98. The Morgan fingerprint density at radius 3 is 2.88 bits per heavy atom. The summed E-state index contributed by atoms with van der Waals surface area (Å²) in [5.74, 6) is -0.0978. The zero-order chi connectivity index (χ0) is 12.0. The van der Waals surface area contributed by atoms with Crippen LogP contribution in [0.4, 0.5) is 5.69 Å². The number of carboxylic acids is 1. The first-order valence-electron chi connectivity index (χ1n) is 4.91. The number of aryl methyl sites for hydroxylation is 1. The monoisotopic (exact) mass is 221 g/mol. The second kappa shape index (κ2) is 5.80. The van der Waals surface area contributed by atoms with Gasteiger partial charge in [0.15, 0.2) is 0 Å². The highest BCUT2D eigenvalue weighted by Crippen LogP contribution is 2.21. The van der Waals surface area contributed by atoms with Crippen LogP contribution in [-0.2, 0) is 4.79 Å². The van der Waals surface area contributed by atoms with Gasteiger partial charge in [-0.05, 0) is 30.7 Å². The van der Waals surface area contributed by atoms with Gasteiger partial charge in [0.2, 0.25) is 0 Å². The molecule has 0 saturated heterocycles.